The van der Waals surface area contributed by atoms with Crippen molar-refractivity contribution in [2.45, 2.75) is 84.7 Å². The molecule has 1 unspecified atom stereocenters. The normalized spacial score (nSPS) is 16.5. The largest absolute Gasteiger partial charge is 0.507 e. The van der Waals surface area contributed by atoms with Crippen molar-refractivity contribution < 1.29 is 38.8 Å². The Balaban J connectivity index is 1.66. The average Bonchev–Trinajstić information content (AvgIpc) is 2.85. The lowest BCUT2D eigenvalue weighted by molar-refractivity contribution is -0.139. The summed E-state index contributed by atoms with van der Waals surface area (Å²) in [7, 11) is 0. The number of benzene rings is 2. The minimum absolute atomic E-state index is 0.00242. The van der Waals surface area contributed by atoms with Crippen molar-refractivity contribution >= 4 is 17.5 Å². The standard InChI is InChI=1S/C30H38O8/c1-5-9-22-25(13-11-20(19(3)31)28(22)35)36-16-8-7-15-30(4)17-24(32)21-12-14-26(37-18-27(33)34)23(10-6-2)29(21)38-30/h11-14,35H,5-10,15-18H2,1-4H3,(H,33,34). The van der Waals surface area contributed by atoms with E-state index in [1.807, 2.05) is 20.8 Å². The summed E-state index contributed by atoms with van der Waals surface area (Å²) in [5, 5.41) is 19.6. The molecule has 0 saturated carbocycles. The maximum atomic E-state index is 13.0. The quantitative estimate of drug-likeness (QED) is 0.229. The van der Waals surface area contributed by atoms with Gasteiger partial charge < -0.3 is 24.4 Å². The molecule has 38 heavy (non-hydrogen) atoms. The maximum absolute atomic E-state index is 13.0. The van der Waals surface area contributed by atoms with Gasteiger partial charge in [0.1, 0.15) is 28.6 Å². The molecule has 0 radical (unpaired) electrons. The molecule has 1 atom stereocenters. The third-order valence-corrected chi connectivity index (χ3v) is 6.73. The third kappa shape index (κ3) is 6.85. The van der Waals surface area contributed by atoms with Gasteiger partial charge in [-0.1, -0.05) is 26.7 Å². The van der Waals surface area contributed by atoms with Gasteiger partial charge >= 0.3 is 5.97 Å². The third-order valence-electron chi connectivity index (χ3n) is 6.73. The number of rotatable bonds is 14. The highest BCUT2D eigenvalue weighted by atomic mass is 16.5. The number of carboxylic acid groups (broad SMARTS) is 1. The van der Waals surface area contributed by atoms with Crippen LogP contribution in [-0.4, -0.2) is 46.6 Å². The molecule has 2 aromatic carbocycles. The number of aliphatic carboxylic acids is 1. The van der Waals surface area contributed by atoms with Crippen LogP contribution in [0.1, 0.15) is 98.1 Å². The molecule has 3 rings (SSSR count). The molecular weight excluding hydrogens is 488 g/mol. The van der Waals surface area contributed by atoms with E-state index in [0.717, 1.165) is 24.8 Å². The summed E-state index contributed by atoms with van der Waals surface area (Å²) in [5.74, 6) is 0.239. The molecule has 1 aliphatic rings. The molecule has 0 fully saturated rings. The predicted octanol–water partition coefficient (Wildman–Crippen LogP) is 5.94. The number of hydrogen-bond acceptors (Lipinski definition) is 7. The summed E-state index contributed by atoms with van der Waals surface area (Å²) in [5.41, 5.74) is 1.48. The van der Waals surface area contributed by atoms with Crippen LogP contribution in [0.5, 0.6) is 23.0 Å². The molecule has 1 aliphatic heterocycles. The van der Waals surface area contributed by atoms with Crippen LogP contribution in [0.15, 0.2) is 24.3 Å². The van der Waals surface area contributed by atoms with Gasteiger partial charge in [0.15, 0.2) is 18.2 Å². The van der Waals surface area contributed by atoms with Crippen molar-refractivity contribution in [2.75, 3.05) is 13.2 Å². The fraction of sp³-hybridized carbons (Fsp3) is 0.500. The zero-order chi connectivity index (χ0) is 27.9. The molecule has 1 heterocycles. The lowest BCUT2D eigenvalue weighted by atomic mass is 9.86. The number of aromatic hydroxyl groups is 1. The fourth-order valence-electron chi connectivity index (χ4n) is 4.88. The first-order valence-electron chi connectivity index (χ1n) is 13.3. The molecule has 0 saturated heterocycles. The summed E-state index contributed by atoms with van der Waals surface area (Å²) < 4.78 is 17.9. The van der Waals surface area contributed by atoms with Crippen molar-refractivity contribution in [2.24, 2.45) is 0 Å². The van der Waals surface area contributed by atoms with E-state index < -0.39 is 18.2 Å². The SMILES string of the molecule is CCCc1c(OCCCCC2(C)CC(=O)c3ccc(OCC(=O)O)c(CCC)c3O2)ccc(C(C)=O)c1O. The lowest BCUT2D eigenvalue weighted by Gasteiger charge is -2.36. The topological polar surface area (TPSA) is 119 Å². The smallest absolute Gasteiger partial charge is 0.341 e. The van der Waals surface area contributed by atoms with Crippen LogP contribution in [0.4, 0.5) is 0 Å². The second-order valence-corrected chi connectivity index (χ2v) is 10.1. The van der Waals surface area contributed by atoms with Crippen LogP contribution < -0.4 is 14.2 Å². The molecule has 8 nitrogen and oxygen atoms in total. The molecular formula is C30H38O8. The summed E-state index contributed by atoms with van der Waals surface area (Å²) in [6, 6.07) is 6.64. The van der Waals surface area contributed by atoms with Crippen molar-refractivity contribution in [1.82, 2.24) is 0 Å². The minimum Gasteiger partial charge on any atom is -0.507 e. The first-order valence-corrected chi connectivity index (χ1v) is 13.3. The highest BCUT2D eigenvalue weighted by molar-refractivity contribution is 6.01. The molecule has 0 amide bonds. The number of phenols is 1. The summed E-state index contributed by atoms with van der Waals surface area (Å²) >= 11 is 0. The molecule has 0 bridgehead atoms. The van der Waals surface area contributed by atoms with Gasteiger partial charge in [0.05, 0.1) is 24.2 Å². The zero-order valence-corrected chi connectivity index (χ0v) is 22.7. The average molecular weight is 527 g/mol. The van der Waals surface area contributed by atoms with E-state index in [4.69, 9.17) is 19.3 Å². The second kappa shape index (κ2) is 12.8. The van der Waals surface area contributed by atoms with E-state index >= 15 is 0 Å². The molecule has 2 N–H and O–H groups in total. The van der Waals surface area contributed by atoms with Gasteiger partial charge in [0.25, 0.3) is 0 Å². The van der Waals surface area contributed by atoms with Gasteiger partial charge in [-0.15, -0.1) is 0 Å². The highest BCUT2D eigenvalue weighted by Crippen LogP contribution is 2.42. The Morgan fingerprint density at radius 3 is 2.32 bits per heavy atom. The number of phenolic OH excluding ortho intramolecular Hbond substituents is 1. The Labute approximate surface area is 223 Å². The molecule has 2 aromatic rings. The Morgan fingerprint density at radius 1 is 1.00 bits per heavy atom. The first-order chi connectivity index (χ1) is 18.1. The number of ether oxygens (including phenoxy) is 3. The highest BCUT2D eigenvalue weighted by Gasteiger charge is 2.38. The second-order valence-electron chi connectivity index (χ2n) is 10.1. The summed E-state index contributed by atoms with van der Waals surface area (Å²) in [4.78, 5) is 35.8. The monoisotopic (exact) mass is 526 g/mol. The van der Waals surface area contributed by atoms with Gasteiger partial charge in [0, 0.05) is 11.1 Å². The van der Waals surface area contributed by atoms with Crippen molar-refractivity contribution in [1.29, 1.82) is 0 Å². The van der Waals surface area contributed by atoms with Gasteiger partial charge in [-0.25, -0.2) is 4.79 Å². The van der Waals surface area contributed by atoms with E-state index in [0.29, 0.717) is 66.2 Å². The fourth-order valence-corrected chi connectivity index (χ4v) is 4.88. The molecule has 0 aromatic heterocycles. The first kappa shape index (κ1) is 29.0. The molecule has 206 valence electrons. The lowest BCUT2D eigenvalue weighted by Crippen LogP contribution is -2.39. The summed E-state index contributed by atoms with van der Waals surface area (Å²) in [6.07, 6.45) is 5.14. The van der Waals surface area contributed by atoms with Crippen molar-refractivity contribution in [3.05, 3.63) is 46.5 Å². The van der Waals surface area contributed by atoms with E-state index in [1.165, 1.54) is 6.92 Å². The number of carbonyl (C=O) groups excluding carboxylic acids is 2. The van der Waals surface area contributed by atoms with Gasteiger partial charge in [-0.05, 0) is 70.2 Å². The van der Waals surface area contributed by atoms with E-state index in [1.54, 1.807) is 24.3 Å². The Hall–Kier alpha value is -3.55. The van der Waals surface area contributed by atoms with Gasteiger partial charge in [0.2, 0.25) is 0 Å². The van der Waals surface area contributed by atoms with Crippen LogP contribution in [0.25, 0.3) is 0 Å². The molecule has 8 heteroatoms. The van der Waals surface area contributed by atoms with Crippen molar-refractivity contribution in [3.63, 3.8) is 0 Å². The number of carboxylic acids is 1. The van der Waals surface area contributed by atoms with Crippen LogP contribution in [0, 0.1) is 0 Å². The number of fused-ring (bicyclic) bond motifs is 1. The van der Waals surface area contributed by atoms with E-state index in [2.05, 4.69) is 0 Å². The van der Waals surface area contributed by atoms with E-state index in [9.17, 15) is 19.5 Å². The van der Waals surface area contributed by atoms with E-state index in [-0.39, 0.29) is 23.7 Å². The molecule has 0 spiro atoms. The van der Waals surface area contributed by atoms with Gasteiger partial charge in [-0.2, -0.15) is 0 Å². The number of Topliss-reactive ketones (excluding diaryl/α,β-unsaturated/α-hetero) is 2. The summed E-state index contributed by atoms with van der Waals surface area (Å²) in [6.45, 7) is 7.32. The minimum atomic E-state index is -1.07. The number of hydrogen-bond donors (Lipinski definition) is 2. The predicted molar refractivity (Wildman–Crippen MR) is 143 cm³/mol. The number of unbranched alkanes of at least 4 members (excludes halogenated alkanes) is 1. The van der Waals surface area contributed by atoms with Crippen molar-refractivity contribution in [3.8, 4) is 23.0 Å². The van der Waals surface area contributed by atoms with Crippen LogP contribution >= 0.6 is 0 Å². The Kier molecular flexibility index (Phi) is 9.78. The number of ketones is 2. The Bertz CT molecular complexity index is 1190. The number of carbonyl (C=O) groups is 3. The van der Waals surface area contributed by atoms with Crippen LogP contribution in [-0.2, 0) is 17.6 Å². The Morgan fingerprint density at radius 2 is 1.66 bits per heavy atom. The van der Waals surface area contributed by atoms with Gasteiger partial charge in [-0.3, -0.25) is 9.59 Å². The maximum Gasteiger partial charge on any atom is 0.341 e. The van der Waals surface area contributed by atoms with Crippen LogP contribution in [0.2, 0.25) is 0 Å². The molecule has 0 aliphatic carbocycles. The van der Waals surface area contributed by atoms with Crippen LogP contribution in [0.3, 0.4) is 0 Å². The zero-order valence-electron chi connectivity index (χ0n) is 22.7.